The summed E-state index contributed by atoms with van der Waals surface area (Å²) < 4.78 is 25.6. The lowest BCUT2D eigenvalue weighted by atomic mass is 9.99. The highest BCUT2D eigenvalue weighted by Crippen LogP contribution is 2.38. The van der Waals surface area contributed by atoms with Crippen LogP contribution < -0.4 is 15.7 Å². The van der Waals surface area contributed by atoms with Gasteiger partial charge < -0.3 is 44.4 Å². The molecule has 2 aromatic rings. The molecule has 3 rings (SSSR count). The van der Waals surface area contributed by atoms with Crippen LogP contribution >= 0.6 is 0 Å². The van der Waals surface area contributed by atoms with Crippen molar-refractivity contribution in [2.75, 3.05) is 13.2 Å². The number of unbranched alkanes of at least 4 members (excludes halogenated alkanes) is 20. The molecule has 0 bridgehead atoms. The fourth-order valence-electron chi connectivity index (χ4n) is 10.1. The van der Waals surface area contributed by atoms with Gasteiger partial charge in [0.2, 0.25) is 0 Å². The number of aliphatic hydroxyl groups is 4. The third kappa shape index (κ3) is 23.3. The average molecular weight is 1040 g/mol. The molecule has 11 nitrogen and oxygen atoms in total. The Kier molecular flexibility index (Phi) is 32.2. The van der Waals surface area contributed by atoms with Crippen LogP contribution in [0.15, 0.2) is 84.5 Å². The van der Waals surface area contributed by atoms with Crippen molar-refractivity contribution >= 4 is 30.6 Å². The molecule has 1 aliphatic rings. The summed E-state index contributed by atoms with van der Waals surface area (Å²) in [6.45, 7) is 13.7. The first-order chi connectivity index (χ1) is 35.2. The molecule has 0 spiro atoms. The third-order valence-electron chi connectivity index (χ3n) is 14.5. The van der Waals surface area contributed by atoms with Crippen molar-refractivity contribution in [3.63, 3.8) is 0 Å². The number of rotatable bonds is 39. The van der Waals surface area contributed by atoms with Gasteiger partial charge in [-0.1, -0.05) is 241 Å². The minimum Gasteiger partial charge on any atom is -0.452 e. The highest BCUT2D eigenvalue weighted by molar-refractivity contribution is 6.99. The van der Waals surface area contributed by atoms with E-state index in [-0.39, 0.29) is 6.61 Å². The zero-order valence-corrected chi connectivity index (χ0v) is 47.5. The number of ether oxygens (including phenoxy) is 3. The van der Waals surface area contributed by atoms with Crippen molar-refractivity contribution in [2.24, 2.45) is 0 Å². The van der Waals surface area contributed by atoms with Crippen LogP contribution in [0.4, 0.5) is 0 Å². The van der Waals surface area contributed by atoms with Gasteiger partial charge in [-0.05, 0) is 60.9 Å². The maximum absolute atomic E-state index is 14.7. The predicted octanol–water partition coefficient (Wildman–Crippen LogP) is 11.5. The molecule has 1 heterocycles. The van der Waals surface area contributed by atoms with Gasteiger partial charge in [0, 0.05) is 6.92 Å². The lowest BCUT2D eigenvalue weighted by molar-refractivity contribution is -0.302. The lowest BCUT2D eigenvalue weighted by Crippen LogP contribution is -2.69. The first kappa shape index (κ1) is 64.1. The molecule has 0 saturated carbocycles. The second-order valence-electron chi connectivity index (χ2n) is 21.8. The molecule has 0 unspecified atom stereocenters. The van der Waals surface area contributed by atoms with Crippen LogP contribution in [0.2, 0.25) is 5.04 Å². The van der Waals surface area contributed by atoms with Gasteiger partial charge in [-0.3, -0.25) is 9.59 Å². The molecule has 2 aromatic carbocycles. The predicted molar refractivity (Wildman–Crippen MR) is 299 cm³/mol. The van der Waals surface area contributed by atoms with Gasteiger partial charge in [0.25, 0.3) is 14.2 Å². The van der Waals surface area contributed by atoms with E-state index in [2.05, 4.69) is 83.3 Å². The molecule has 414 valence electrons. The lowest BCUT2D eigenvalue weighted by Gasteiger charge is -2.46. The van der Waals surface area contributed by atoms with E-state index in [4.69, 9.17) is 18.6 Å². The Morgan fingerprint density at radius 2 is 1.18 bits per heavy atom. The topological polar surface area (TPSA) is 164 Å². The van der Waals surface area contributed by atoms with E-state index in [9.17, 15) is 30.0 Å². The van der Waals surface area contributed by atoms with Crippen LogP contribution in [-0.4, -0.2) is 103 Å². The number of allylic oxidation sites excluding steroid dienone is 3. The van der Waals surface area contributed by atoms with Crippen LogP contribution in [0.5, 0.6) is 0 Å². The molecule has 0 aromatic heterocycles. The Bertz CT molecular complexity index is 1760. The van der Waals surface area contributed by atoms with Crippen molar-refractivity contribution in [1.29, 1.82) is 0 Å². The van der Waals surface area contributed by atoms with Crippen LogP contribution in [-0.2, 0) is 28.2 Å². The molecule has 73 heavy (non-hydrogen) atoms. The fourth-order valence-corrected chi connectivity index (χ4v) is 14.8. The van der Waals surface area contributed by atoms with Gasteiger partial charge in [-0.25, -0.2) is 0 Å². The van der Waals surface area contributed by atoms with Crippen LogP contribution in [0, 0.1) is 0 Å². The summed E-state index contributed by atoms with van der Waals surface area (Å²) in [4.78, 5) is 27.3. The molecule has 5 N–H and O–H groups in total. The van der Waals surface area contributed by atoms with Crippen LogP contribution in [0.25, 0.3) is 0 Å². The molecular formula is C61H101NO10Si. The van der Waals surface area contributed by atoms with Gasteiger partial charge in [0.05, 0.1) is 25.4 Å². The van der Waals surface area contributed by atoms with E-state index in [0.717, 1.165) is 42.5 Å². The standard InChI is InChI=1S/C61H101NO10Si/c1-8-10-12-14-16-17-18-19-20-21-22-24-26-36-45-54(70-49(4)64)59(68)62-52(47-69-60-58(67)57(66)56(65)55(46-63)71-60)53(44-37-27-31-39-48(3)38-30-25-23-15-13-11-9-2)72-73(61(5,6)7,50-40-32-28-33-41-50)51-42-34-29-35-43-51/h28-29,32-35,37,39-44,52-58,60,63,65-67H,8-27,30-31,36,38,45-47H2,1-7H3,(H,62,68)/b44-37+,48-39+/t52-,53+,54+,55+,56+,57-,58+,60+/m0/s1. The van der Waals surface area contributed by atoms with Crippen LogP contribution in [0.1, 0.15) is 209 Å². The summed E-state index contributed by atoms with van der Waals surface area (Å²) in [5, 5.41) is 47.3. The smallest absolute Gasteiger partial charge is 0.303 e. The molecule has 0 radical (unpaired) electrons. The van der Waals surface area contributed by atoms with Crippen molar-refractivity contribution in [2.45, 2.75) is 263 Å². The normalized spacial score (nSPS) is 20.0. The van der Waals surface area contributed by atoms with Crippen LogP contribution in [0.3, 0.4) is 0 Å². The Hall–Kier alpha value is -3.20. The van der Waals surface area contributed by atoms with Crippen molar-refractivity contribution in [1.82, 2.24) is 5.32 Å². The van der Waals surface area contributed by atoms with Gasteiger partial charge >= 0.3 is 5.97 Å². The summed E-state index contributed by atoms with van der Waals surface area (Å²) in [5.41, 5.74) is 1.37. The molecule has 0 aliphatic carbocycles. The second kappa shape index (κ2) is 36.7. The number of carbonyl (C=O) groups is 2. The Morgan fingerprint density at radius 1 is 0.685 bits per heavy atom. The largest absolute Gasteiger partial charge is 0.452 e. The molecule has 12 heteroatoms. The Balaban J connectivity index is 1.95. The van der Waals surface area contributed by atoms with Crippen molar-refractivity contribution in [3.05, 3.63) is 84.5 Å². The first-order valence-corrected chi connectivity index (χ1v) is 30.6. The SMILES string of the molecule is CCCCCCCCCCCCCCCC[C@@H](OC(C)=O)C(=O)N[C@@H](CO[C@@H]1O[C@H](CO)[C@@H](O)[C@H](O)[C@H]1O)[C@@H](/C=C/CC/C=C(\C)CCCCCCCCC)O[Si](c1ccccc1)(c1ccccc1)C(C)(C)C. The number of hydrogen-bond donors (Lipinski definition) is 5. The molecule has 1 fully saturated rings. The van der Waals surface area contributed by atoms with Gasteiger partial charge in [-0.2, -0.15) is 0 Å². The number of nitrogens with one attached hydrogen (secondary N) is 1. The minimum atomic E-state index is -3.31. The zero-order valence-electron chi connectivity index (χ0n) is 46.5. The van der Waals surface area contributed by atoms with E-state index in [1.165, 1.54) is 122 Å². The Labute approximate surface area is 443 Å². The van der Waals surface area contributed by atoms with E-state index < -0.39 is 80.8 Å². The first-order valence-electron chi connectivity index (χ1n) is 28.7. The number of benzene rings is 2. The minimum absolute atomic E-state index is 0.273. The van der Waals surface area contributed by atoms with Crippen molar-refractivity contribution < 1.29 is 48.7 Å². The van der Waals surface area contributed by atoms with E-state index >= 15 is 0 Å². The maximum Gasteiger partial charge on any atom is 0.303 e. The summed E-state index contributed by atoms with van der Waals surface area (Å²) in [7, 11) is -3.31. The number of amides is 1. The molecule has 1 aliphatic heterocycles. The molecule has 1 amide bonds. The van der Waals surface area contributed by atoms with E-state index in [1.807, 2.05) is 42.5 Å². The number of carbonyl (C=O) groups excluding carboxylic acids is 2. The van der Waals surface area contributed by atoms with Gasteiger partial charge in [-0.15, -0.1) is 0 Å². The zero-order chi connectivity index (χ0) is 53.3. The average Bonchev–Trinajstić information content (AvgIpc) is 3.37. The number of aliphatic hydroxyl groups excluding tert-OH is 4. The molecule has 8 atom stereocenters. The van der Waals surface area contributed by atoms with Gasteiger partial charge in [0.15, 0.2) is 12.4 Å². The monoisotopic (exact) mass is 1040 g/mol. The van der Waals surface area contributed by atoms with Crippen molar-refractivity contribution in [3.8, 4) is 0 Å². The summed E-state index contributed by atoms with van der Waals surface area (Å²) in [6.07, 6.45) is 25.5. The third-order valence-corrected chi connectivity index (χ3v) is 19.5. The number of esters is 1. The molecule has 1 saturated heterocycles. The highest BCUT2D eigenvalue weighted by Gasteiger charge is 2.52. The Morgan fingerprint density at radius 3 is 1.66 bits per heavy atom. The number of hydrogen-bond acceptors (Lipinski definition) is 10. The summed E-state index contributed by atoms with van der Waals surface area (Å²) in [6, 6.07) is 19.5. The van der Waals surface area contributed by atoms with E-state index in [1.54, 1.807) is 0 Å². The van der Waals surface area contributed by atoms with E-state index in [0.29, 0.717) is 19.3 Å². The quantitative estimate of drug-likeness (QED) is 0.0188. The fraction of sp³-hybridized carbons (Fsp3) is 0.705. The summed E-state index contributed by atoms with van der Waals surface area (Å²) in [5.74, 6) is -1.06. The van der Waals surface area contributed by atoms with Gasteiger partial charge in [0.1, 0.15) is 24.4 Å². The molecular weight excluding hydrogens is 935 g/mol. The maximum atomic E-state index is 14.7. The second-order valence-corrected chi connectivity index (χ2v) is 26.1. The highest BCUT2D eigenvalue weighted by atomic mass is 28.4. The summed E-state index contributed by atoms with van der Waals surface area (Å²) >= 11 is 0.